The Labute approximate surface area is 87.9 Å². The van der Waals surface area contributed by atoms with Crippen LogP contribution in [0.25, 0.3) is 0 Å². The fourth-order valence-electron chi connectivity index (χ4n) is 1.14. The summed E-state index contributed by atoms with van der Waals surface area (Å²) in [6.07, 6.45) is 0. The summed E-state index contributed by atoms with van der Waals surface area (Å²) in [6, 6.07) is 5.03. The first-order valence-electron chi connectivity index (χ1n) is 4.49. The van der Waals surface area contributed by atoms with Gasteiger partial charge in [0.05, 0.1) is 25.9 Å². The largest absolute Gasteiger partial charge is 0.495 e. The van der Waals surface area contributed by atoms with Crippen molar-refractivity contribution in [2.45, 2.75) is 6.61 Å². The van der Waals surface area contributed by atoms with E-state index >= 15 is 0 Å². The Kier molecular flexibility index (Phi) is 4.08. The van der Waals surface area contributed by atoms with Crippen LogP contribution in [0.3, 0.4) is 0 Å². The fourth-order valence-corrected chi connectivity index (χ4v) is 1.14. The normalized spacial score (nSPS) is 9.80. The Hall–Kier alpha value is -1.59. The van der Waals surface area contributed by atoms with Crippen LogP contribution >= 0.6 is 0 Å². The van der Waals surface area contributed by atoms with Gasteiger partial charge < -0.3 is 20.9 Å². The van der Waals surface area contributed by atoms with E-state index in [0.717, 1.165) is 5.56 Å². The minimum absolute atomic E-state index is 0.0680. The standard InChI is InChI=1S/C10H14N2O3/c1-15-9-4-7(6-13)2-3-8(9)12-10(14)5-11/h2-4,13H,5-6,11H2,1H3,(H,12,14). The van der Waals surface area contributed by atoms with Crippen LogP contribution in [0.2, 0.25) is 0 Å². The summed E-state index contributed by atoms with van der Waals surface area (Å²) in [4.78, 5) is 11.1. The average Bonchev–Trinajstić information content (AvgIpc) is 2.29. The van der Waals surface area contributed by atoms with Crippen molar-refractivity contribution in [1.29, 1.82) is 0 Å². The summed E-state index contributed by atoms with van der Waals surface area (Å²) < 4.78 is 5.07. The topological polar surface area (TPSA) is 84.6 Å². The van der Waals surface area contributed by atoms with Gasteiger partial charge in [-0.05, 0) is 17.7 Å². The van der Waals surface area contributed by atoms with Crippen LogP contribution in [0.15, 0.2) is 18.2 Å². The molecule has 0 aromatic heterocycles. The molecule has 0 radical (unpaired) electrons. The average molecular weight is 210 g/mol. The Balaban J connectivity index is 2.92. The molecule has 1 amide bonds. The van der Waals surface area contributed by atoms with E-state index in [1.807, 2.05) is 0 Å². The third-order valence-electron chi connectivity index (χ3n) is 1.91. The smallest absolute Gasteiger partial charge is 0.238 e. The number of aliphatic hydroxyl groups is 1. The van der Waals surface area contributed by atoms with Gasteiger partial charge in [0.1, 0.15) is 5.75 Å². The third kappa shape index (κ3) is 2.93. The van der Waals surface area contributed by atoms with Crippen molar-refractivity contribution < 1.29 is 14.6 Å². The molecule has 1 aromatic rings. The van der Waals surface area contributed by atoms with Crippen molar-refractivity contribution in [3.05, 3.63) is 23.8 Å². The second kappa shape index (κ2) is 5.33. The zero-order valence-electron chi connectivity index (χ0n) is 8.49. The first-order valence-corrected chi connectivity index (χ1v) is 4.49. The fraction of sp³-hybridized carbons (Fsp3) is 0.300. The van der Waals surface area contributed by atoms with E-state index in [4.69, 9.17) is 15.6 Å². The number of nitrogens with one attached hydrogen (secondary N) is 1. The molecule has 0 unspecified atom stereocenters. The van der Waals surface area contributed by atoms with Gasteiger partial charge in [-0.2, -0.15) is 0 Å². The lowest BCUT2D eigenvalue weighted by molar-refractivity contribution is -0.114. The number of hydrogen-bond acceptors (Lipinski definition) is 4. The van der Waals surface area contributed by atoms with Gasteiger partial charge in [-0.3, -0.25) is 4.79 Å². The number of carbonyl (C=O) groups is 1. The van der Waals surface area contributed by atoms with Crippen molar-refractivity contribution in [2.75, 3.05) is 19.0 Å². The predicted molar refractivity (Wildman–Crippen MR) is 56.6 cm³/mol. The van der Waals surface area contributed by atoms with Crippen molar-refractivity contribution in [2.24, 2.45) is 5.73 Å². The van der Waals surface area contributed by atoms with Crippen LogP contribution in [-0.2, 0) is 11.4 Å². The summed E-state index contributed by atoms with van der Waals surface area (Å²) >= 11 is 0. The lowest BCUT2D eigenvalue weighted by Crippen LogP contribution is -2.22. The number of amides is 1. The molecule has 0 aliphatic rings. The molecule has 0 aliphatic carbocycles. The van der Waals surface area contributed by atoms with Gasteiger partial charge in [0.25, 0.3) is 0 Å². The molecule has 5 heteroatoms. The zero-order chi connectivity index (χ0) is 11.3. The maximum atomic E-state index is 11.1. The van der Waals surface area contributed by atoms with Gasteiger partial charge >= 0.3 is 0 Å². The van der Waals surface area contributed by atoms with Crippen molar-refractivity contribution in [1.82, 2.24) is 0 Å². The van der Waals surface area contributed by atoms with Gasteiger partial charge in [-0.1, -0.05) is 6.07 Å². The first kappa shape index (κ1) is 11.5. The molecular weight excluding hydrogens is 196 g/mol. The summed E-state index contributed by atoms with van der Waals surface area (Å²) in [5.41, 5.74) is 6.44. The molecule has 0 saturated heterocycles. The number of anilines is 1. The van der Waals surface area contributed by atoms with E-state index in [1.165, 1.54) is 7.11 Å². The number of carbonyl (C=O) groups excluding carboxylic acids is 1. The van der Waals surface area contributed by atoms with Crippen LogP contribution in [0.5, 0.6) is 5.75 Å². The molecule has 0 spiro atoms. The molecular formula is C10H14N2O3. The number of rotatable bonds is 4. The number of methoxy groups -OCH3 is 1. The van der Waals surface area contributed by atoms with E-state index < -0.39 is 0 Å². The maximum Gasteiger partial charge on any atom is 0.238 e. The minimum Gasteiger partial charge on any atom is -0.495 e. The molecule has 0 bridgehead atoms. The molecule has 0 saturated carbocycles. The van der Waals surface area contributed by atoms with Crippen LogP contribution < -0.4 is 15.8 Å². The number of nitrogens with two attached hydrogens (primary N) is 1. The van der Waals surface area contributed by atoms with Crippen LogP contribution in [0.1, 0.15) is 5.56 Å². The number of benzene rings is 1. The number of ether oxygens (including phenoxy) is 1. The second-order valence-electron chi connectivity index (χ2n) is 2.95. The first-order chi connectivity index (χ1) is 7.21. The summed E-state index contributed by atoms with van der Waals surface area (Å²) in [6.45, 7) is -0.146. The molecule has 0 aliphatic heterocycles. The highest BCUT2D eigenvalue weighted by Gasteiger charge is 2.06. The zero-order valence-corrected chi connectivity index (χ0v) is 8.49. The van der Waals surface area contributed by atoms with Crippen molar-refractivity contribution >= 4 is 11.6 Å². The highest BCUT2D eigenvalue weighted by Crippen LogP contribution is 2.25. The Morgan fingerprint density at radius 2 is 2.33 bits per heavy atom. The number of hydrogen-bond donors (Lipinski definition) is 3. The molecule has 82 valence electrons. The quantitative estimate of drug-likeness (QED) is 0.657. The van der Waals surface area contributed by atoms with E-state index in [2.05, 4.69) is 5.32 Å². The SMILES string of the molecule is COc1cc(CO)ccc1NC(=O)CN. The van der Waals surface area contributed by atoms with Crippen molar-refractivity contribution in [3.8, 4) is 5.75 Å². The maximum absolute atomic E-state index is 11.1. The molecule has 4 N–H and O–H groups in total. The third-order valence-corrected chi connectivity index (χ3v) is 1.91. The molecule has 0 atom stereocenters. The highest BCUT2D eigenvalue weighted by atomic mass is 16.5. The Bertz CT molecular complexity index is 353. The van der Waals surface area contributed by atoms with Crippen molar-refractivity contribution in [3.63, 3.8) is 0 Å². The van der Waals surface area contributed by atoms with Crippen LogP contribution in [-0.4, -0.2) is 24.7 Å². The van der Waals surface area contributed by atoms with Crippen LogP contribution in [0, 0.1) is 0 Å². The summed E-state index contributed by atoms with van der Waals surface area (Å²) in [5.74, 6) is 0.216. The molecule has 1 rings (SSSR count). The van der Waals surface area contributed by atoms with Gasteiger partial charge in [-0.15, -0.1) is 0 Å². The Morgan fingerprint density at radius 3 is 2.87 bits per heavy atom. The van der Waals surface area contributed by atoms with Gasteiger partial charge in [0, 0.05) is 0 Å². The molecule has 0 fully saturated rings. The lowest BCUT2D eigenvalue weighted by atomic mass is 10.2. The lowest BCUT2D eigenvalue weighted by Gasteiger charge is -2.10. The van der Waals surface area contributed by atoms with E-state index in [1.54, 1.807) is 18.2 Å². The summed E-state index contributed by atoms with van der Waals surface area (Å²) in [7, 11) is 1.49. The molecule has 0 heterocycles. The molecule has 1 aromatic carbocycles. The monoisotopic (exact) mass is 210 g/mol. The minimum atomic E-state index is -0.287. The molecule has 15 heavy (non-hydrogen) atoms. The van der Waals surface area contributed by atoms with Gasteiger partial charge in [-0.25, -0.2) is 0 Å². The van der Waals surface area contributed by atoms with Crippen LogP contribution in [0.4, 0.5) is 5.69 Å². The van der Waals surface area contributed by atoms with E-state index in [0.29, 0.717) is 11.4 Å². The number of aliphatic hydroxyl groups excluding tert-OH is 1. The highest BCUT2D eigenvalue weighted by molar-refractivity contribution is 5.93. The predicted octanol–water partition coefficient (Wildman–Crippen LogP) is 0.0847. The van der Waals surface area contributed by atoms with E-state index in [-0.39, 0.29) is 19.1 Å². The van der Waals surface area contributed by atoms with Gasteiger partial charge in [0.15, 0.2) is 0 Å². The second-order valence-corrected chi connectivity index (χ2v) is 2.95. The van der Waals surface area contributed by atoms with Gasteiger partial charge in [0.2, 0.25) is 5.91 Å². The summed E-state index contributed by atoms with van der Waals surface area (Å²) in [5, 5.41) is 11.5. The van der Waals surface area contributed by atoms with E-state index in [9.17, 15) is 4.79 Å². The molecule has 5 nitrogen and oxygen atoms in total. The Morgan fingerprint density at radius 1 is 1.60 bits per heavy atom.